The normalized spacial score (nSPS) is 21.5. The molecule has 2 aromatic rings. The summed E-state index contributed by atoms with van der Waals surface area (Å²) in [6.07, 6.45) is 10.5. The van der Waals surface area contributed by atoms with Gasteiger partial charge in [-0.3, -0.25) is 4.98 Å². The van der Waals surface area contributed by atoms with Crippen LogP contribution < -0.4 is 5.69 Å². The third-order valence-corrected chi connectivity index (χ3v) is 6.36. The van der Waals surface area contributed by atoms with Crippen molar-refractivity contribution in [1.29, 1.82) is 5.26 Å². The molecule has 148 valence electrons. The fraction of sp³-hybridized carbons (Fsp3) is 0.591. The molecule has 1 aromatic carbocycles. The molecule has 2 aliphatic rings. The topological polar surface area (TPSA) is 77.7 Å². The summed E-state index contributed by atoms with van der Waals surface area (Å²) in [6, 6.07) is 9.24. The van der Waals surface area contributed by atoms with Gasteiger partial charge in [0.2, 0.25) is 0 Å². The van der Waals surface area contributed by atoms with Gasteiger partial charge in [-0.25, -0.2) is 4.79 Å². The fourth-order valence-electron chi connectivity index (χ4n) is 4.76. The molecular formula is C22H29N5O. The van der Waals surface area contributed by atoms with Crippen LogP contribution in [-0.4, -0.2) is 39.3 Å². The number of rotatable bonds is 5. The average molecular weight is 380 g/mol. The molecule has 0 bridgehead atoms. The van der Waals surface area contributed by atoms with E-state index in [0.29, 0.717) is 11.3 Å². The van der Waals surface area contributed by atoms with Gasteiger partial charge in [0.05, 0.1) is 11.3 Å². The zero-order valence-electron chi connectivity index (χ0n) is 16.4. The molecule has 28 heavy (non-hydrogen) atoms. The van der Waals surface area contributed by atoms with Gasteiger partial charge in [-0.1, -0.05) is 44.2 Å². The van der Waals surface area contributed by atoms with Crippen LogP contribution in [0.4, 0.5) is 0 Å². The maximum absolute atomic E-state index is 12.5. The van der Waals surface area contributed by atoms with Gasteiger partial charge in [-0.05, 0) is 50.4 Å². The molecule has 4 rings (SSSR count). The SMILES string of the molecule is N#Cc1ccccc1-n1nc([C@H]2CCCN(CCC3CCCCC3)C2)[nH]c1=O. The van der Waals surface area contributed by atoms with Crippen molar-refractivity contribution in [2.24, 2.45) is 5.92 Å². The molecule has 1 aliphatic heterocycles. The molecule has 1 saturated carbocycles. The minimum Gasteiger partial charge on any atom is -0.303 e. The second-order valence-electron chi connectivity index (χ2n) is 8.29. The van der Waals surface area contributed by atoms with Crippen molar-refractivity contribution in [1.82, 2.24) is 19.7 Å². The molecule has 1 aromatic heterocycles. The maximum atomic E-state index is 12.5. The van der Waals surface area contributed by atoms with Gasteiger partial charge in [0.25, 0.3) is 0 Å². The number of hydrogen-bond acceptors (Lipinski definition) is 4. The lowest BCUT2D eigenvalue weighted by Gasteiger charge is -2.33. The smallest absolute Gasteiger partial charge is 0.303 e. The van der Waals surface area contributed by atoms with Gasteiger partial charge in [0, 0.05) is 12.5 Å². The van der Waals surface area contributed by atoms with Crippen molar-refractivity contribution < 1.29 is 0 Å². The predicted octanol–water partition coefficient (Wildman–Crippen LogP) is 3.58. The summed E-state index contributed by atoms with van der Waals surface area (Å²) in [7, 11) is 0. The number of benzene rings is 1. The molecule has 2 fully saturated rings. The molecule has 2 heterocycles. The number of likely N-dealkylation sites (tertiary alicyclic amines) is 1. The van der Waals surface area contributed by atoms with Crippen LogP contribution in [-0.2, 0) is 0 Å². The molecule has 0 amide bonds. The summed E-state index contributed by atoms with van der Waals surface area (Å²) in [5.74, 6) is 1.90. The van der Waals surface area contributed by atoms with E-state index in [1.807, 2.05) is 6.07 Å². The van der Waals surface area contributed by atoms with Crippen LogP contribution in [0, 0.1) is 17.2 Å². The lowest BCUT2D eigenvalue weighted by molar-refractivity contribution is 0.182. The Labute approximate surface area is 166 Å². The van der Waals surface area contributed by atoms with Crippen molar-refractivity contribution in [2.75, 3.05) is 19.6 Å². The van der Waals surface area contributed by atoms with E-state index in [1.165, 1.54) is 43.2 Å². The molecule has 1 saturated heterocycles. The van der Waals surface area contributed by atoms with E-state index in [4.69, 9.17) is 0 Å². The highest BCUT2D eigenvalue weighted by Crippen LogP contribution is 2.28. The number of aromatic amines is 1. The molecule has 6 heteroatoms. The minimum atomic E-state index is -0.267. The summed E-state index contributed by atoms with van der Waals surface area (Å²) in [5.41, 5.74) is 0.736. The van der Waals surface area contributed by atoms with Crippen molar-refractivity contribution in [2.45, 2.75) is 57.3 Å². The molecule has 1 atom stereocenters. The van der Waals surface area contributed by atoms with Gasteiger partial charge in [0.1, 0.15) is 11.9 Å². The van der Waals surface area contributed by atoms with Crippen molar-refractivity contribution >= 4 is 0 Å². The highest BCUT2D eigenvalue weighted by atomic mass is 16.1. The number of nitriles is 1. The fourth-order valence-corrected chi connectivity index (χ4v) is 4.76. The highest BCUT2D eigenvalue weighted by molar-refractivity contribution is 5.47. The van der Waals surface area contributed by atoms with E-state index in [0.717, 1.165) is 44.2 Å². The summed E-state index contributed by atoms with van der Waals surface area (Å²) >= 11 is 0. The van der Waals surface area contributed by atoms with Crippen LogP contribution in [0.3, 0.4) is 0 Å². The molecule has 1 aliphatic carbocycles. The second kappa shape index (κ2) is 8.74. The van der Waals surface area contributed by atoms with E-state index in [-0.39, 0.29) is 11.6 Å². The number of piperidine rings is 1. The first kappa shape index (κ1) is 18.9. The Balaban J connectivity index is 1.44. The molecule has 0 unspecified atom stereocenters. The van der Waals surface area contributed by atoms with Gasteiger partial charge in [-0.2, -0.15) is 9.94 Å². The second-order valence-corrected chi connectivity index (χ2v) is 8.29. The standard InChI is InChI=1S/C22H29N5O/c23-15-18-9-4-5-11-20(18)27-22(28)24-21(25-27)19-10-6-13-26(16-19)14-12-17-7-2-1-3-8-17/h4-5,9,11,17,19H,1-3,6-8,10,12-14,16H2,(H,24,25,28)/t19-/m0/s1. The Hall–Kier alpha value is -2.39. The van der Waals surface area contributed by atoms with Gasteiger partial charge in [0.15, 0.2) is 0 Å². The van der Waals surface area contributed by atoms with Crippen molar-refractivity contribution in [3.05, 3.63) is 46.1 Å². The number of nitrogens with zero attached hydrogens (tertiary/aromatic N) is 4. The molecule has 0 radical (unpaired) electrons. The zero-order valence-corrected chi connectivity index (χ0v) is 16.4. The van der Waals surface area contributed by atoms with Crippen LogP contribution in [0.5, 0.6) is 0 Å². The Morgan fingerprint density at radius 2 is 1.96 bits per heavy atom. The van der Waals surface area contributed by atoms with E-state index < -0.39 is 0 Å². The Kier molecular flexibility index (Phi) is 5.92. The number of para-hydroxylation sites is 1. The molecule has 1 N–H and O–H groups in total. The summed E-state index contributed by atoms with van der Waals surface area (Å²) in [6.45, 7) is 3.26. The summed E-state index contributed by atoms with van der Waals surface area (Å²) < 4.78 is 1.34. The van der Waals surface area contributed by atoms with E-state index >= 15 is 0 Å². The van der Waals surface area contributed by atoms with Gasteiger partial charge in [-0.15, -0.1) is 5.10 Å². The van der Waals surface area contributed by atoms with Crippen LogP contribution in [0.15, 0.2) is 29.1 Å². The Bertz CT molecular complexity index is 887. The number of nitrogens with one attached hydrogen (secondary N) is 1. The molecular weight excluding hydrogens is 350 g/mol. The quantitative estimate of drug-likeness (QED) is 0.861. The van der Waals surface area contributed by atoms with Crippen LogP contribution in [0.25, 0.3) is 5.69 Å². The molecule has 6 nitrogen and oxygen atoms in total. The van der Waals surface area contributed by atoms with Crippen LogP contribution in [0.2, 0.25) is 0 Å². The average Bonchev–Trinajstić information content (AvgIpc) is 3.14. The number of H-pyrrole nitrogens is 1. The summed E-state index contributed by atoms with van der Waals surface area (Å²) in [4.78, 5) is 18.0. The van der Waals surface area contributed by atoms with E-state index in [1.54, 1.807) is 18.2 Å². The van der Waals surface area contributed by atoms with Crippen LogP contribution in [0.1, 0.15) is 68.7 Å². The van der Waals surface area contributed by atoms with Gasteiger partial charge < -0.3 is 4.90 Å². The van der Waals surface area contributed by atoms with Crippen LogP contribution >= 0.6 is 0 Å². The van der Waals surface area contributed by atoms with E-state index in [2.05, 4.69) is 21.1 Å². The first-order valence-corrected chi connectivity index (χ1v) is 10.7. The van der Waals surface area contributed by atoms with Crippen molar-refractivity contribution in [3.8, 4) is 11.8 Å². The largest absolute Gasteiger partial charge is 0.348 e. The predicted molar refractivity (Wildman–Crippen MR) is 109 cm³/mol. The third kappa shape index (κ3) is 4.20. The first-order valence-electron chi connectivity index (χ1n) is 10.7. The maximum Gasteiger partial charge on any atom is 0.348 e. The first-order chi connectivity index (χ1) is 13.7. The van der Waals surface area contributed by atoms with Gasteiger partial charge >= 0.3 is 5.69 Å². The highest BCUT2D eigenvalue weighted by Gasteiger charge is 2.26. The minimum absolute atomic E-state index is 0.253. The zero-order chi connectivity index (χ0) is 19.3. The molecule has 0 spiro atoms. The number of aromatic nitrogens is 3. The summed E-state index contributed by atoms with van der Waals surface area (Å²) in [5, 5.41) is 13.9. The lowest BCUT2D eigenvalue weighted by atomic mass is 9.86. The Morgan fingerprint density at radius 1 is 1.14 bits per heavy atom. The Morgan fingerprint density at radius 3 is 2.79 bits per heavy atom. The number of hydrogen-bond donors (Lipinski definition) is 1. The lowest BCUT2D eigenvalue weighted by Crippen LogP contribution is -2.36. The van der Waals surface area contributed by atoms with E-state index in [9.17, 15) is 10.1 Å². The monoisotopic (exact) mass is 379 g/mol. The third-order valence-electron chi connectivity index (χ3n) is 6.36. The van der Waals surface area contributed by atoms with Crippen molar-refractivity contribution in [3.63, 3.8) is 0 Å².